The Labute approximate surface area is 95.3 Å². The molecule has 0 unspecified atom stereocenters. The Kier molecular flexibility index (Phi) is 2.46. The number of nitrogens with zero attached hydrogens (tertiary/aromatic N) is 1. The Balaban J connectivity index is 2.44. The van der Waals surface area contributed by atoms with E-state index in [1.54, 1.807) is 11.8 Å². The molecule has 0 N–H and O–H groups in total. The lowest BCUT2D eigenvalue weighted by molar-refractivity contribution is -0.121. The van der Waals surface area contributed by atoms with Gasteiger partial charge in [-0.15, -0.1) is 0 Å². The Morgan fingerprint density at radius 1 is 1.19 bits per heavy atom. The molecule has 0 atom stereocenters. The highest BCUT2D eigenvalue weighted by atomic mass is 16.5. The molecular formula is C13H15NO2. The lowest BCUT2D eigenvalue weighted by Gasteiger charge is -2.41. The number of allylic oxidation sites excluding steroid dienone is 1. The molecule has 1 aromatic rings. The largest absolute Gasteiger partial charge is 0.473 e. The predicted octanol–water partition coefficient (Wildman–Crippen LogP) is 2.69. The van der Waals surface area contributed by atoms with Crippen LogP contribution in [0.1, 0.15) is 20.8 Å². The molecule has 1 aliphatic rings. The van der Waals surface area contributed by atoms with Gasteiger partial charge in [0.2, 0.25) is 0 Å². The molecule has 1 aromatic carbocycles. The summed E-state index contributed by atoms with van der Waals surface area (Å²) in [6.07, 6.45) is 1.51. The number of benzene rings is 1. The van der Waals surface area contributed by atoms with E-state index in [9.17, 15) is 4.79 Å². The third kappa shape index (κ3) is 1.81. The maximum absolute atomic E-state index is 12.0. The Hall–Kier alpha value is -1.77. The third-order valence-electron chi connectivity index (χ3n) is 2.51. The van der Waals surface area contributed by atoms with E-state index in [1.807, 2.05) is 44.2 Å². The minimum absolute atomic E-state index is 0.0417. The standard InChI is InChI=1S/C13H15NO2/c1-10-9-12(15)14(13(2,3)16-10)11-7-5-4-6-8-11/h4-9H,1-3H3. The summed E-state index contributed by atoms with van der Waals surface area (Å²) < 4.78 is 5.68. The van der Waals surface area contributed by atoms with Crippen molar-refractivity contribution in [3.8, 4) is 0 Å². The van der Waals surface area contributed by atoms with E-state index >= 15 is 0 Å². The zero-order chi connectivity index (χ0) is 11.8. The highest BCUT2D eigenvalue weighted by molar-refractivity contribution is 6.03. The molecule has 0 saturated heterocycles. The molecule has 0 fully saturated rings. The van der Waals surface area contributed by atoms with E-state index in [-0.39, 0.29) is 5.91 Å². The topological polar surface area (TPSA) is 29.5 Å². The van der Waals surface area contributed by atoms with E-state index in [2.05, 4.69) is 0 Å². The normalized spacial score (nSPS) is 19.1. The fourth-order valence-electron chi connectivity index (χ4n) is 1.99. The van der Waals surface area contributed by atoms with Crippen LogP contribution in [0.15, 0.2) is 42.2 Å². The van der Waals surface area contributed by atoms with Crippen molar-refractivity contribution in [1.29, 1.82) is 0 Å². The van der Waals surface area contributed by atoms with Gasteiger partial charge in [-0.25, -0.2) is 0 Å². The van der Waals surface area contributed by atoms with Gasteiger partial charge in [-0.05, 0) is 32.9 Å². The number of rotatable bonds is 1. The molecular weight excluding hydrogens is 202 g/mol. The second kappa shape index (κ2) is 3.67. The average molecular weight is 217 g/mol. The summed E-state index contributed by atoms with van der Waals surface area (Å²) >= 11 is 0. The molecule has 1 aliphatic heterocycles. The van der Waals surface area contributed by atoms with Crippen LogP contribution in [-0.2, 0) is 9.53 Å². The Bertz CT molecular complexity index is 435. The zero-order valence-corrected chi connectivity index (χ0v) is 9.73. The molecule has 3 heteroatoms. The quantitative estimate of drug-likeness (QED) is 0.723. The van der Waals surface area contributed by atoms with Crippen LogP contribution in [0.5, 0.6) is 0 Å². The van der Waals surface area contributed by atoms with Gasteiger partial charge in [0.1, 0.15) is 5.76 Å². The van der Waals surface area contributed by atoms with Gasteiger partial charge >= 0.3 is 0 Å². The third-order valence-corrected chi connectivity index (χ3v) is 2.51. The van der Waals surface area contributed by atoms with Crippen molar-refractivity contribution in [3.63, 3.8) is 0 Å². The number of para-hydroxylation sites is 1. The first kappa shape index (κ1) is 10.7. The van der Waals surface area contributed by atoms with Gasteiger partial charge in [0.25, 0.3) is 5.91 Å². The molecule has 0 radical (unpaired) electrons. The van der Waals surface area contributed by atoms with Crippen molar-refractivity contribution >= 4 is 11.6 Å². The van der Waals surface area contributed by atoms with Crippen LogP contribution in [0.25, 0.3) is 0 Å². The summed E-state index contributed by atoms with van der Waals surface area (Å²) in [6.45, 7) is 5.56. The summed E-state index contributed by atoms with van der Waals surface area (Å²) in [5.41, 5.74) is 0.207. The molecule has 1 amide bonds. The molecule has 3 nitrogen and oxygen atoms in total. The van der Waals surface area contributed by atoms with Gasteiger partial charge in [0.05, 0.1) is 0 Å². The zero-order valence-electron chi connectivity index (χ0n) is 9.73. The van der Waals surface area contributed by atoms with Crippen molar-refractivity contribution in [2.75, 3.05) is 4.90 Å². The molecule has 2 rings (SSSR count). The summed E-state index contributed by atoms with van der Waals surface area (Å²) in [6, 6.07) is 9.54. The second-order valence-electron chi connectivity index (χ2n) is 4.31. The van der Waals surface area contributed by atoms with Crippen molar-refractivity contribution in [1.82, 2.24) is 0 Å². The van der Waals surface area contributed by atoms with Crippen LogP contribution >= 0.6 is 0 Å². The lowest BCUT2D eigenvalue weighted by atomic mass is 10.1. The van der Waals surface area contributed by atoms with Crippen molar-refractivity contribution in [3.05, 3.63) is 42.2 Å². The number of carbonyl (C=O) groups is 1. The van der Waals surface area contributed by atoms with Gasteiger partial charge in [-0.2, -0.15) is 0 Å². The highest BCUT2D eigenvalue weighted by Crippen LogP contribution is 2.30. The van der Waals surface area contributed by atoms with Gasteiger partial charge in [0, 0.05) is 11.8 Å². The van der Waals surface area contributed by atoms with E-state index < -0.39 is 5.72 Å². The Morgan fingerprint density at radius 3 is 2.38 bits per heavy atom. The number of hydrogen-bond acceptors (Lipinski definition) is 2. The van der Waals surface area contributed by atoms with Crippen LogP contribution in [0.3, 0.4) is 0 Å². The average Bonchev–Trinajstić information content (AvgIpc) is 2.15. The van der Waals surface area contributed by atoms with Gasteiger partial charge in [-0.1, -0.05) is 18.2 Å². The van der Waals surface area contributed by atoms with Gasteiger partial charge in [0.15, 0.2) is 5.72 Å². The van der Waals surface area contributed by atoms with Crippen LogP contribution < -0.4 is 4.90 Å². The first-order valence-electron chi connectivity index (χ1n) is 5.27. The fraction of sp³-hybridized carbons (Fsp3) is 0.308. The molecule has 0 aromatic heterocycles. The molecule has 0 bridgehead atoms. The fourth-order valence-corrected chi connectivity index (χ4v) is 1.99. The first-order valence-corrected chi connectivity index (χ1v) is 5.27. The lowest BCUT2D eigenvalue weighted by Crippen LogP contribution is -2.51. The summed E-state index contributed by atoms with van der Waals surface area (Å²) in [4.78, 5) is 13.6. The number of anilines is 1. The van der Waals surface area contributed by atoms with Crippen molar-refractivity contribution in [2.24, 2.45) is 0 Å². The van der Waals surface area contributed by atoms with Crippen LogP contribution in [-0.4, -0.2) is 11.6 Å². The minimum Gasteiger partial charge on any atom is -0.473 e. The van der Waals surface area contributed by atoms with Crippen LogP contribution in [0.4, 0.5) is 5.69 Å². The number of amides is 1. The summed E-state index contributed by atoms with van der Waals surface area (Å²) in [5, 5.41) is 0. The van der Waals surface area contributed by atoms with Crippen molar-refractivity contribution < 1.29 is 9.53 Å². The predicted molar refractivity (Wildman–Crippen MR) is 62.8 cm³/mol. The molecule has 1 heterocycles. The van der Waals surface area contributed by atoms with Gasteiger partial charge < -0.3 is 4.74 Å². The number of ether oxygens (including phenoxy) is 1. The van der Waals surface area contributed by atoms with E-state index in [0.717, 1.165) is 5.69 Å². The van der Waals surface area contributed by atoms with E-state index in [1.165, 1.54) is 6.08 Å². The SMILES string of the molecule is CC1=CC(=O)N(c2ccccc2)C(C)(C)O1. The summed E-state index contributed by atoms with van der Waals surface area (Å²) in [5.74, 6) is 0.613. The van der Waals surface area contributed by atoms with E-state index in [4.69, 9.17) is 4.74 Å². The van der Waals surface area contributed by atoms with Crippen LogP contribution in [0.2, 0.25) is 0 Å². The van der Waals surface area contributed by atoms with E-state index in [0.29, 0.717) is 5.76 Å². The molecule has 0 spiro atoms. The molecule has 0 aliphatic carbocycles. The summed E-state index contributed by atoms with van der Waals surface area (Å²) in [7, 11) is 0. The molecule has 84 valence electrons. The Morgan fingerprint density at radius 2 is 1.81 bits per heavy atom. The first-order chi connectivity index (χ1) is 7.50. The van der Waals surface area contributed by atoms with Gasteiger partial charge in [-0.3, -0.25) is 9.69 Å². The highest BCUT2D eigenvalue weighted by Gasteiger charge is 2.36. The van der Waals surface area contributed by atoms with Crippen LogP contribution in [0, 0.1) is 0 Å². The number of carbonyl (C=O) groups excluding carboxylic acids is 1. The van der Waals surface area contributed by atoms with Crippen molar-refractivity contribution in [2.45, 2.75) is 26.5 Å². The molecule has 0 saturated carbocycles. The minimum atomic E-state index is -0.642. The smallest absolute Gasteiger partial charge is 0.257 e. The second-order valence-corrected chi connectivity index (χ2v) is 4.31. The monoisotopic (exact) mass is 217 g/mol. The maximum Gasteiger partial charge on any atom is 0.257 e. The number of hydrogen-bond donors (Lipinski definition) is 0. The molecule has 16 heavy (non-hydrogen) atoms. The maximum atomic E-state index is 12.0.